The molecule has 0 amide bonds. The Balaban J connectivity index is 3.53. The summed E-state index contributed by atoms with van der Waals surface area (Å²) >= 11 is 3.67. The first-order chi connectivity index (χ1) is 19.6. The predicted octanol–water partition coefficient (Wildman–Crippen LogP) is 9.84. The average molecular weight is 796 g/mol. The Hall–Kier alpha value is 0.438. The van der Waals surface area contributed by atoms with Gasteiger partial charge in [-0.3, -0.25) is 0 Å². The van der Waals surface area contributed by atoms with Gasteiger partial charge in [-0.2, -0.15) is 0 Å². The minimum atomic E-state index is -3.26. The van der Waals surface area contributed by atoms with Crippen LogP contribution in [0, 0.1) is 20.8 Å². The van der Waals surface area contributed by atoms with E-state index in [0.29, 0.717) is 15.5 Å². The van der Waals surface area contributed by atoms with E-state index in [1.807, 2.05) is 0 Å². The molecule has 2 aromatic rings. The van der Waals surface area contributed by atoms with Gasteiger partial charge in [-0.15, -0.1) is 0 Å². The first kappa shape index (κ1) is 41.6. The van der Waals surface area contributed by atoms with Crippen LogP contribution in [0.4, 0.5) is 0 Å². The number of rotatable bonds is 11. The standard InChI is InChI=1S/C36H71OSeSi7/c1-26-22-27(2)32(28(3)23-26)45(37,38)33-30(35(41(10,11)12)42(13,14)15)24-29(34(39(4,5)6)40(7,8)9)25-31(33)36(43(16,17)18)44(19,20)21/h22-25,34-37H,1-21H3/q-1. The van der Waals surface area contributed by atoms with Gasteiger partial charge in [-0.25, -0.2) is 0 Å². The van der Waals surface area contributed by atoms with Crippen molar-refractivity contribution in [1.82, 2.24) is 0 Å². The second-order valence-electron chi connectivity index (χ2n) is 21.0. The molecule has 0 aliphatic carbocycles. The van der Waals surface area contributed by atoms with Crippen LogP contribution in [0.3, 0.4) is 0 Å². The number of benzene rings is 2. The van der Waals surface area contributed by atoms with Crippen LogP contribution in [0.15, 0.2) is 24.3 Å². The minimum absolute atomic E-state index is 0.560. The maximum atomic E-state index is 13.5. The van der Waals surface area contributed by atoms with Crippen LogP contribution in [-0.4, -0.2) is 75.5 Å². The van der Waals surface area contributed by atoms with Gasteiger partial charge in [0.15, 0.2) is 0 Å². The molecule has 45 heavy (non-hydrogen) atoms. The summed E-state index contributed by atoms with van der Waals surface area (Å²) in [5.74, 6) is 0. The summed E-state index contributed by atoms with van der Waals surface area (Å²) in [6, 6.07) is 10.1. The Bertz CT molecular complexity index is 1260. The molecule has 1 N–H and O–H groups in total. The van der Waals surface area contributed by atoms with E-state index >= 15 is 0 Å². The van der Waals surface area contributed by atoms with Gasteiger partial charge in [0.1, 0.15) is 0 Å². The van der Waals surface area contributed by atoms with E-state index in [2.05, 4.69) is 178 Å². The summed E-state index contributed by atoms with van der Waals surface area (Å²) in [6.07, 6.45) is 0. The summed E-state index contributed by atoms with van der Waals surface area (Å²) < 4.78 is 0. The van der Waals surface area contributed by atoms with Crippen molar-refractivity contribution in [3.8, 4) is 0 Å². The summed E-state index contributed by atoms with van der Waals surface area (Å²) in [5, 5.41) is 4.39. The van der Waals surface area contributed by atoms with Crippen LogP contribution in [0.25, 0.3) is 0 Å². The van der Waals surface area contributed by atoms with Crippen LogP contribution in [0.2, 0.25) is 118 Å². The normalized spacial score (nSPS) is 15.8. The molecule has 0 aliphatic heterocycles. The molecule has 1 nitrogen and oxygen atoms in total. The van der Waals surface area contributed by atoms with E-state index < -0.39 is 55.4 Å². The number of hydrogen-bond donors (Lipinski definition) is 1. The van der Waals surface area contributed by atoms with Gasteiger partial charge in [0, 0.05) is 0 Å². The molecule has 0 fully saturated rings. The fraction of sp³-hybridized carbons (Fsp3) is 0.667. The Labute approximate surface area is 295 Å². The van der Waals surface area contributed by atoms with E-state index in [9.17, 15) is 4.80 Å². The van der Waals surface area contributed by atoms with Crippen molar-refractivity contribution in [3.63, 3.8) is 0 Å². The zero-order valence-electron chi connectivity index (χ0n) is 33.4. The summed E-state index contributed by atoms with van der Waals surface area (Å²) in [7, 11) is -9.95. The van der Waals surface area contributed by atoms with Crippen LogP contribution in [0.5, 0.6) is 0 Å². The molecule has 0 aromatic heterocycles. The molecule has 1 unspecified atom stereocenters. The Morgan fingerprint density at radius 2 is 0.711 bits per heavy atom. The van der Waals surface area contributed by atoms with Gasteiger partial charge in [0.2, 0.25) is 0 Å². The van der Waals surface area contributed by atoms with Gasteiger partial charge in [0.05, 0.1) is 0 Å². The second kappa shape index (κ2) is 13.3. The quantitative estimate of drug-likeness (QED) is 0.225. The zero-order chi connectivity index (χ0) is 35.7. The van der Waals surface area contributed by atoms with Crippen LogP contribution < -0.4 is 10.4 Å². The first-order valence-corrected chi connectivity index (χ1v) is 43.2. The number of hydrogen-bond acceptors (Lipinski definition) is 1. The van der Waals surface area contributed by atoms with Crippen LogP contribution in [0.1, 0.15) is 48.9 Å². The fourth-order valence-electron chi connectivity index (χ4n) is 10.3. The van der Waals surface area contributed by atoms with Crippen molar-refractivity contribution in [2.75, 3.05) is 0 Å². The van der Waals surface area contributed by atoms with Crippen molar-refractivity contribution in [2.45, 2.75) is 154 Å². The average Bonchev–Trinajstić information content (AvgIpc) is 2.65. The van der Waals surface area contributed by atoms with E-state index in [1.54, 1.807) is 16.7 Å². The molecule has 0 spiro atoms. The fourth-order valence-corrected chi connectivity index (χ4v) is 55.2. The van der Waals surface area contributed by atoms with E-state index in [0.717, 1.165) is 0 Å². The molecule has 0 saturated heterocycles. The second-order valence-corrected chi connectivity index (χ2v) is 60.6. The van der Waals surface area contributed by atoms with Crippen molar-refractivity contribution in [3.05, 3.63) is 57.6 Å². The van der Waals surface area contributed by atoms with Gasteiger partial charge >= 0.3 is 298 Å². The monoisotopic (exact) mass is 795 g/mol. The molecule has 9 heteroatoms. The van der Waals surface area contributed by atoms with Crippen molar-refractivity contribution in [1.29, 1.82) is 0 Å². The first-order valence-electron chi connectivity index (χ1n) is 17.3. The third-order valence-corrected chi connectivity index (χ3v) is 42.9. The molecule has 2 rings (SSSR count). The van der Waals surface area contributed by atoms with E-state index in [-0.39, 0.29) is 0 Å². The Morgan fingerprint density at radius 1 is 0.444 bits per heavy atom. The van der Waals surface area contributed by atoms with Gasteiger partial charge < -0.3 is 0 Å². The van der Waals surface area contributed by atoms with Crippen molar-refractivity contribution in [2.24, 2.45) is 0 Å². The molecule has 0 radical (unpaired) electrons. The van der Waals surface area contributed by atoms with Crippen molar-refractivity contribution < 1.29 is 4.80 Å². The van der Waals surface area contributed by atoms with E-state index in [4.69, 9.17) is 0 Å². The SMILES string of the molecule is Cc1cc(C)c([Si](O)([Se-])c2c(C([Si](C)(C)C)[Si](C)(C)C)cc(C([Si](C)(C)C)[Si](C)(C)C)cc2C([Si](C)(C)C)[Si](C)(C)C)c(C)c1. The molecule has 2 aromatic carbocycles. The molecule has 256 valence electrons. The third kappa shape index (κ3) is 9.37. The van der Waals surface area contributed by atoms with Crippen molar-refractivity contribution >= 4 is 81.1 Å². The Morgan fingerprint density at radius 3 is 0.956 bits per heavy atom. The molecule has 0 bridgehead atoms. The topological polar surface area (TPSA) is 20.2 Å². The van der Waals surface area contributed by atoms with Gasteiger partial charge in [-0.05, 0) is 0 Å². The summed E-state index contributed by atoms with van der Waals surface area (Å²) in [6.45, 7) is 50.4. The Kier molecular flexibility index (Phi) is 12.3. The van der Waals surface area contributed by atoms with Gasteiger partial charge in [0.25, 0.3) is 0 Å². The molecule has 1 atom stereocenters. The zero-order valence-corrected chi connectivity index (χ0v) is 42.1. The molecule has 0 saturated carbocycles. The maximum absolute atomic E-state index is 13.5. The van der Waals surface area contributed by atoms with Gasteiger partial charge in [-0.1, -0.05) is 0 Å². The molecule has 0 heterocycles. The van der Waals surface area contributed by atoms with E-state index in [1.165, 1.54) is 27.1 Å². The molecule has 0 aliphatic rings. The van der Waals surface area contributed by atoms with Crippen LogP contribution in [-0.2, 0) is 0 Å². The third-order valence-electron chi connectivity index (χ3n) is 9.73. The number of aryl methyl sites for hydroxylation is 3. The van der Waals surface area contributed by atoms with Crippen LogP contribution >= 0.6 is 0 Å². The molecular formula is C36H71OSeSi7-. The summed E-state index contributed by atoms with van der Waals surface area (Å²) in [5.41, 5.74) is 8.54. The predicted molar refractivity (Wildman–Crippen MR) is 228 cm³/mol. The summed E-state index contributed by atoms with van der Waals surface area (Å²) in [4.78, 5) is 13.5. The molecular weight excluding hydrogens is 724 g/mol.